The van der Waals surface area contributed by atoms with E-state index in [2.05, 4.69) is 17.0 Å². The Hall–Kier alpha value is -1.85. The van der Waals surface area contributed by atoms with Gasteiger partial charge in [0.15, 0.2) is 0 Å². The minimum atomic E-state index is -0.992. The molecule has 1 fully saturated rings. The first-order valence-corrected chi connectivity index (χ1v) is 8.05. The first-order chi connectivity index (χ1) is 11.0. The largest absolute Gasteiger partial charge is 0.477 e. The van der Waals surface area contributed by atoms with Crippen molar-refractivity contribution in [3.05, 3.63) is 51.9 Å². The number of rotatable bonds is 6. The third kappa shape index (κ3) is 3.41. The maximum atomic E-state index is 11.4. The maximum absolute atomic E-state index is 11.4. The fourth-order valence-corrected chi connectivity index (χ4v) is 3.02. The summed E-state index contributed by atoms with van der Waals surface area (Å²) in [7, 11) is 0. The van der Waals surface area contributed by atoms with Crippen LogP contribution in [0.15, 0.2) is 28.8 Å². The zero-order valence-electron chi connectivity index (χ0n) is 13.1. The van der Waals surface area contributed by atoms with Crippen LogP contribution in [0.2, 0.25) is 5.02 Å². The number of carboxylic acids is 1. The zero-order chi connectivity index (χ0) is 16.6. The average molecular weight is 335 g/mol. The molecule has 5 nitrogen and oxygen atoms in total. The Bertz CT molecular complexity index is 707. The number of halogens is 1. The summed E-state index contributed by atoms with van der Waals surface area (Å²) < 4.78 is 5.08. The van der Waals surface area contributed by atoms with Crippen molar-refractivity contribution in [2.24, 2.45) is 0 Å². The zero-order valence-corrected chi connectivity index (χ0v) is 13.9. The minimum Gasteiger partial charge on any atom is -0.477 e. The molecular weight excluding hydrogens is 316 g/mol. The Morgan fingerprint density at radius 2 is 2.09 bits per heavy atom. The first kappa shape index (κ1) is 16.0. The van der Waals surface area contributed by atoms with E-state index in [1.54, 1.807) is 6.92 Å². The van der Waals surface area contributed by atoms with Crippen LogP contribution in [0, 0.1) is 6.92 Å². The monoisotopic (exact) mass is 334 g/mol. The van der Waals surface area contributed by atoms with Gasteiger partial charge in [0.1, 0.15) is 17.0 Å². The first-order valence-electron chi connectivity index (χ1n) is 7.67. The second-order valence-electron chi connectivity index (χ2n) is 6.00. The molecule has 1 unspecified atom stereocenters. The van der Waals surface area contributed by atoms with E-state index in [4.69, 9.17) is 16.1 Å². The van der Waals surface area contributed by atoms with Crippen LogP contribution in [0.4, 0.5) is 0 Å². The highest BCUT2D eigenvalue weighted by molar-refractivity contribution is 6.30. The van der Waals surface area contributed by atoms with Crippen molar-refractivity contribution in [3.63, 3.8) is 0 Å². The molecule has 6 heteroatoms. The third-order valence-electron chi connectivity index (χ3n) is 4.35. The molecule has 0 radical (unpaired) electrons. The topological polar surface area (TPSA) is 66.6 Å². The normalized spacial score (nSPS) is 15.8. The molecule has 3 rings (SSSR count). The van der Waals surface area contributed by atoms with Gasteiger partial charge in [-0.3, -0.25) is 4.90 Å². The molecule has 1 aromatic carbocycles. The Kier molecular flexibility index (Phi) is 4.41. The van der Waals surface area contributed by atoms with Crippen LogP contribution in [0.3, 0.4) is 0 Å². The molecule has 0 aliphatic heterocycles. The molecule has 1 atom stereocenters. The van der Waals surface area contributed by atoms with Gasteiger partial charge in [-0.05, 0) is 44.4 Å². The van der Waals surface area contributed by atoms with Gasteiger partial charge in [0.05, 0.1) is 0 Å². The van der Waals surface area contributed by atoms with Crippen LogP contribution in [-0.4, -0.2) is 27.2 Å². The molecule has 0 amide bonds. The Morgan fingerprint density at radius 3 is 2.65 bits per heavy atom. The molecule has 2 aromatic rings. The molecule has 122 valence electrons. The highest BCUT2D eigenvalue weighted by Crippen LogP contribution is 2.36. The van der Waals surface area contributed by atoms with Gasteiger partial charge < -0.3 is 9.63 Å². The molecule has 1 aliphatic rings. The van der Waals surface area contributed by atoms with Crippen molar-refractivity contribution >= 4 is 17.6 Å². The lowest BCUT2D eigenvalue weighted by molar-refractivity contribution is 0.0692. The molecule has 1 aliphatic carbocycles. The van der Waals surface area contributed by atoms with Gasteiger partial charge in [-0.1, -0.05) is 28.9 Å². The van der Waals surface area contributed by atoms with Gasteiger partial charge in [-0.2, -0.15) is 0 Å². The smallest absolute Gasteiger partial charge is 0.341 e. The predicted molar refractivity (Wildman–Crippen MR) is 86.6 cm³/mol. The molecule has 1 aromatic heterocycles. The second-order valence-corrected chi connectivity index (χ2v) is 6.43. The fraction of sp³-hybridized carbons (Fsp3) is 0.412. The lowest BCUT2D eigenvalue weighted by atomic mass is 10.1. The number of nitrogens with zero attached hydrogens (tertiary/aromatic N) is 2. The van der Waals surface area contributed by atoms with Crippen molar-refractivity contribution in [1.82, 2.24) is 10.1 Å². The van der Waals surface area contributed by atoms with Crippen LogP contribution < -0.4 is 0 Å². The van der Waals surface area contributed by atoms with E-state index in [0.717, 1.165) is 18.4 Å². The summed E-state index contributed by atoms with van der Waals surface area (Å²) in [6, 6.07) is 8.38. The van der Waals surface area contributed by atoms with Gasteiger partial charge in [0.25, 0.3) is 0 Å². The number of carbonyl (C=O) groups is 1. The van der Waals surface area contributed by atoms with Crippen LogP contribution in [0.5, 0.6) is 0 Å². The molecular formula is C17H19ClN2O3. The molecule has 0 spiro atoms. The lowest BCUT2D eigenvalue weighted by Gasteiger charge is -2.29. The number of hydrogen-bond donors (Lipinski definition) is 1. The number of hydrogen-bond acceptors (Lipinski definition) is 4. The number of benzene rings is 1. The highest BCUT2D eigenvalue weighted by atomic mass is 35.5. The van der Waals surface area contributed by atoms with E-state index < -0.39 is 5.97 Å². The Balaban J connectivity index is 1.85. The van der Waals surface area contributed by atoms with Crippen LogP contribution in [0.1, 0.15) is 53.2 Å². The molecule has 1 saturated carbocycles. The summed E-state index contributed by atoms with van der Waals surface area (Å²) in [5.41, 5.74) is 1.82. The molecule has 0 bridgehead atoms. The van der Waals surface area contributed by atoms with Gasteiger partial charge in [-0.15, -0.1) is 0 Å². The summed E-state index contributed by atoms with van der Waals surface area (Å²) in [5.74, 6) is -0.643. The Labute approximate surface area is 139 Å². The predicted octanol–water partition coefficient (Wildman–Crippen LogP) is 4.06. The number of aryl methyl sites for hydroxylation is 1. The highest BCUT2D eigenvalue weighted by Gasteiger charge is 2.34. The lowest BCUT2D eigenvalue weighted by Crippen LogP contribution is -2.29. The summed E-state index contributed by atoms with van der Waals surface area (Å²) in [6.45, 7) is 4.21. The van der Waals surface area contributed by atoms with E-state index in [9.17, 15) is 9.90 Å². The van der Waals surface area contributed by atoms with Crippen molar-refractivity contribution in [2.75, 3.05) is 0 Å². The summed E-state index contributed by atoms with van der Waals surface area (Å²) >= 11 is 5.96. The minimum absolute atomic E-state index is 0.151. The van der Waals surface area contributed by atoms with Crippen LogP contribution >= 0.6 is 11.6 Å². The fourth-order valence-electron chi connectivity index (χ4n) is 2.89. The van der Waals surface area contributed by atoms with Crippen LogP contribution in [0.25, 0.3) is 0 Å². The molecule has 23 heavy (non-hydrogen) atoms. The van der Waals surface area contributed by atoms with E-state index in [1.807, 2.05) is 24.3 Å². The van der Waals surface area contributed by atoms with Gasteiger partial charge in [0, 0.05) is 23.7 Å². The quantitative estimate of drug-likeness (QED) is 0.862. The van der Waals surface area contributed by atoms with Crippen molar-refractivity contribution in [1.29, 1.82) is 0 Å². The van der Waals surface area contributed by atoms with E-state index in [-0.39, 0.29) is 11.6 Å². The van der Waals surface area contributed by atoms with Crippen molar-refractivity contribution in [2.45, 2.75) is 45.3 Å². The third-order valence-corrected chi connectivity index (χ3v) is 4.60. The SMILES string of the molecule is Cc1onc(CN(C2CC2)C(C)c2ccc(Cl)cc2)c1C(=O)O. The average Bonchev–Trinajstić information content (AvgIpc) is 3.28. The maximum Gasteiger partial charge on any atom is 0.341 e. The van der Waals surface area contributed by atoms with Gasteiger partial charge in [-0.25, -0.2) is 4.79 Å². The molecule has 1 heterocycles. The summed E-state index contributed by atoms with van der Waals surface area (Å²) in [5, 5.41) is 14.0. The van der Waals surface area contributed by atoms with Crippen LogP contribution in [-0.2, 0) is 6.54 Å². The van der Waals surface area contributed by atoms with Gasteiger partial charge >= 0.3 is 5.97 Å². The number of aromatic carboxylic acids is 1. The second kappa shape index (κ2) is 6.34. The molecule has 0 saturated heterocycles. The van der Waals surface area contributed by atoms with Gasteiger partial charge in [0.2, 0.25) is 0 Å². The number of aromatic nitrogens is 1. The standard InChI is InChI=1S/C17H19ClN2O3/c1-10(12-3-5-13(18)6-4-12)20(14-7-8-14)9-15-16(17(21)22)11(2)23-19-15/h3-6,10,14H,7-9H2,1-2H3,(H,21,22). The van der Waals surface area contributed by atoms with Crippen molar-refractivity contribution < 1.29 is 14.4 Å². The molecule has 1 N–H and O–H groups in total. The number of carboxylic acid groups (broad SMARTS) is 1. The van der Waals surface area contributed by atoms with E-state index in [0.29, 0.717) is 29.1 Å². The Morgan fingerprint density at radius 1 is 1.43 bits per heavy atom. The van der Waals surface area contributed by atoms with E-state index in [1.165, 1.54) is 0 Å². The van der Waals surface area contributed by atoms with E-state index >= 15 is 0 Å². The summed E-state index contributed by atoms with van der Waals surface area (Å²) in [4.78, 5) is 13.7. The van der Waals surface area contributed by atoms with Crippen molar-refractivity contribution in [3.8, 4) is 0 Å². The summed E-state index contributed by atoms with van der Waals surface area (Å²) in [6.07, 6.45) is 2.24.